The fourth-order valence-electron chi connectivity index (χ4n) is 1.45. The summed E-state index contributed by atoms with van der Waals surface area (Å²) in [6.45, 7) is 7.35. The van der Waals surface area contributed by atoms with E-state index in [-0.39, 0.29) is 11.7 Å². The predicted octanol–water partition coefficient (Wildman–Crippen LogP) is 4.65. The first-order chi connectivity index (χ1) is 8.42. The van der Waals surface area contributed by atoms with Gasteiger partial charge in [-0.25, -0.2) is 0 Å². The molecule has 1 aromatic carbocycles. The standard InChI is InChI=1S/C14H20ClIO2/c1-14(2,3)18-9-8-17-13(10-16)11-4-6-12(15)7-5-11/h4-7,13H,8-10H2,1-3H3. The number of hydrogen-bond donors (Lipinski definition) is 0. The number of ether oxygens (including phenoxy) is 2. The SMILES string of the molecule is CC(C)(C)OCCOC(CI)c1ccc(Cl)cc1. The van der Waals surface area contributed by atoms with E-state index in [4.69, 9.17) is 21.1 Å². The third-order valence-electron chi connectivity index (χ3n) is 2.32. The summed E-state index contributed by atoms with van der Waals surface area (Å²) in [5, 5.41) is 0.752. The molecule has 102 valence electrons. The number of alkyl halides is 1. The van der Waals surface area contributed by atoms with Gasteiger partial charge in [-0.3, -0.25) is 0 Å². The van der Waals surface area contributed by atoms with Crippen molar-refractivity contribution in [3.63, 3.8) is 0 Å². The molecule has 1 rings (SSSR count). The summed E-state index contributed by atoms with van der Waals surface area (Å²) < 4.78 is 12.4. The number of hydrogen-bond acceptors (Lipinski definition) is 2. The van der Waals surface area contributed by atoms with Crippen LogP contribution in [0.25, 0.3) is 0 Å². The fourth-order valence-corrected chi connectivity index (χ4v) is 2.33. The van der Waals surface area contributed by atoms with E-state index in [9.17, 15) is 0 Å². The van der Waals surface area contributed by atoms with E-state index in [0.29, 0.717) is 13.2 Å². The van der Waals surface area contributed by atoms with Crippen molar-refractivity contribution in [2.45, 2.75) is 32.5 Å². The Labute approximate surface area is 128 Å². The average molecular weight is 383 g/mol. The molecule has 2 nitrogen and oxygen atoms in total. The molecule has 0 aliphatic rings. The van der Waals surface area contributed by atoms with Crippen LogP contribution >= 0.6 is 34.2 Å². The second-order valence-corrected chi connectivity index (χ2v) is 6.34. The summed E-state index contributed by atoms with van der Waals surface area (Å²) in [6.07, 6.45) is 0.103. The maximum absolute atomic E-state index is 5.87. The lowest BCUT2D eigenvalue weighted by Crippen LogP contribution is -2.22. The fraction of sp³-hybridized carbons (Fsp3) is 0.571. The van der Waals surface area contributed by atoms with Gasteiger partial charge in [-0.2, -0.15) is 0 Å². The van der Waals surface area contributed by atoms with Crippen molar-refractivity contribution < 1.29 is 9.47 Å². The van der Waals surface area contributed by atoms with Crippen LogP contribution in [0.5, 0.6) is 0 Å². The topological polar surface area (TPSA) is 18.5 Å². The van der Waals surface area contributed by atoms with Crippen LogP contribution in [0.2, 0.25) is 5.02 Å². The van der Waals surface area contributed by atoms with Gasteiger partial charge in [0.2, 0.25) is 0 Å². The Kier molecular flexibility index (Phi) is 6.92. The lowest BCUT2D eigenvalue weighted by Gasteiger charge is -2.21. The van der Waals surface area contributed by atoms with Crippen LogP contribution in [0, 0.1) is 0 Å². The van der Waals surface area contributed by atoms with Gasteiger partial charge in [0, 0.05) is 9.45 Å². The molecule has 0 aromatic heterocycles. The highest BCUT2D eigenvalue weighted by Crippen LogP contribution is 2.22. The second-order valence-electron chi connectivity index (χ2n) is 5.03. The minimum absolute atomic E-state index is 0.103. The number of rotatable bonds is 6. The minimum atomic E-state index is -0.108. The van der Waals surface area contributed by atoms with Crippen LogP contribution in [-0.2, 0) is 9.47 Å². The largest absolute Gasteiger partial charge is 0.373 e. The Bertz CT molecular complexity index is 346. The normalized spacial score (nSPS) is 13.6. The summed E-state index contributed by atoms with van der Waals surface area (Å²) in [6, 6.07) is 7.81. The van der Waals surface area contributed by atoms with Gasteiger partial charge < -0.3 is 9.47 Å². The molecule has 0 spiro atoms. The van der Waals surface area contributed by atoms with Crippen molar-refractivity contribution in [3.8, 4) is 0 Å². The molecule has 0 saturated carbocycles. The maximum Gasteiger partial charge on any atom is 0.0915 e. The van der Waals surface area contributed by atoms with E-state index >= 15 is 0 Å². The zero-order valence-corrected chi connectivity index (χ0v) is 14.0. The van der Waals surface area contributed by atoms with Crippen molar-refractivity contribution in [3.05, 3.63) is 34.9 Å². The molecule has 0 aliphatic heterocycles. The monoisotopic (exact) mass is 382 g/mol. The molecule has 0 bridgehead atoms. The van der Waals surface area contributed by atoms with Gasteiger partial charge in [0.05, 0.1) is 24.9 Å². The van der Waals surface area contributed by atoms with E-state index in [1.54, 1.807) is 0 Å². The summed E-state index contributed by atoms with van der Waals surface area (Å²) in [5.74, 6) is 0. The number of halogens is 2. The van der Waals surface area contributed by atoms with Gasteiger partial charge >= 0.3 is 0 Å². The smallest absolute Gasteiger partial charge is 0.0915 e. The lowest BCUT2D eigenvalue weighted by atomic mass is 10.1. The van der Waals surface area contributed by atoms with E-state index in [0.717, 1.165) is 15.0 Å². The van der Waals surface area contributed by atoms with Crippen molar-refractivity contribution in [1.29, 1.82) is 0 Å². The first kappa shape index (κ1) is 16.2. The molecule has 1 unspecified atom stereocenters. The van der Waals surface area contributed by atoms with Crippen LogP contribution < -0.4 is 0 Å². The molecule has 0 saturated heterocycles. The molecule has 0 fully saturated rings. The highest BCUT2D eigenvalue weighted by atomic mass is 127. The summed E-state index contributed by atoms with van der Waals surface area (Å²) in [5.41, 5.74) is 1.05. The quantitative estimate of drug-likeness (QED) is 0.405. The minimum Gasteiger partial charge on any atom is -0.373 e. The third-order valence-corrected chi connectivity index (χ3v) is 3.37. The van der Waals surface area contributed by atoms with Crippen LogP contribution in [0.3, 0.4) is 0 Å². The van der Waals surface area contributed by atoms with Crippen LogP contribution in [0.1, 0.15) is 32.4 Å². The zero-order chi connectivity index (χ0) is 13.6. The molecular formula is C14H20ClIO2. The van der Waals surface area contributed by atoms with Crippen molar-refractivity contribution in [2.75, 3.05) is 17.6 Å². The molecule has 18 heavy (non-hydrogen) atoms. The van der Waals surface area contributed by atoms with E-state index in [2.05, 4.69) is 22.6 Å². The summed E-state index contributed by atoms with van der Waals surface area (Å²) >= 11 is 8.20. The highest BCUT2D eigenvalue weighted by molar-refractivity contribution is 14.1. The first-order valence-corrected chi connectivity index (χ1v) is 7.90. The van der Waals surface area contributed by atoms with Crippen LogP contribution in [0.4, 0.5) is 0 Å². The Morgan fingerprint density at radius 3 is 2.28 bits per heavy atom. The van der Waals surface area contributed by atoms with E-state index < -0.39 is 0 Å². The van der Waals surface area contributed by atoms with E-state index in [1.165, 1.54) is 0 Å². The van der Waals surface area contributed by atoms with Crippen molar-refractivity contribution >= 4 is 34.2 Å². The Hall–Kier alpha value is 0.160. The molecule has 0 heterocycles. The molecule has 0 radical (unpaired) electrons. The van der Waals surface area contributed by atoms with Gasteiger partial charge in [0.1, 0.15) is 0 Å². The lowest BCUT2D eigenvalue weighted by molar-refractivity contribution is -0.0477. The molecule has 0 amide bonds. The molecule has 1 aromatic rings. The van der Waals surface area contributed by atoms with Gasteiger partial charge in [0.15, 0.2) is 0 Å². The molecule has 0 aliphatic carbocycles. The van der Waals surface area contributed by atoms with Gasteiger partial charge in [-0.15, -0.1) is 0 Å². The first-order valence-electron chi connectivity index (χ1n) is 5.99. The second kappa shape index (κ2) is 7.68. The molecule has 0 N–H and O–H groups in total. The van der Waals surface area contributed by atoms with Gasteiger partial charge in [0.25, 0.3) is 0 Å². The van der Waals surface area contributed by atoms with Gasteiger partial charge in [-0.05, 0) is 38.5 Å². The molecular weight excluding hydrogens is 363 g/mol. The predicted molar refractivity (Wildman–Crippen MR) is 84.7 cm³/mol. The van der Waals surface area contributed by atoms with Crippen molar-refractivity contribution in [1.82, 2.24) is 0 Å². The molecule has 1 atom stereocenters. The van der Waals surface area contributed by atoms with Crippen molar-refractivity contribution in [2.24, 2.45) is 0 Å². The Morgan fingerprint density at radius 2 is 1.78 bits per heavy atom. The van der Waals surface area contributed by atoms with E-state index in [1.807, 2.05) is 45.0 Å². The van der Waals surface area contributed by atoms with Crippen LogP contribution in [-0.4, -0.2) is 23.2 Å². The summed E-state index contributed by atoms with van der Waals surface area (Å²) in [4.78, 5) is 0. The Morgan fingerprint density at radius 1 is 1.17 bits per heavy atom. The highest BCUT2D eigenvalue weighted by Gasteiger charge is 2.12. The third kappa shape index (κ3) is 6.36. The van der Waals surface area contributed by atoms with Gasteiger partial charge in [-0.1, -0.05) is 46.3 Å². The average Bonchev–Trinajstić information content (AvgIpc) is 2.29. The molecule has 4 heteroatoms. The zero-order valence-electron chi connectivity index (χ0n) is 11.1. The number of benzene rings is 1. The Balaban J connectivity index is 2.40. The van der Waals surface area contributed by atoms with Crippen LogP contribution in [0.15, 0.2) is 24.3 Å². The summed E-state index contributed by atoms with van der Waals surface area (Å²) in [7, 11) is 0. The maximum atomic E-state index is 5.87.